The first-order valence-corrected chi connectivity index (χ1v) is 8.44. The molecular weight excluding hydrogens is 314 g/mol. The molecule has 0 aliphatic heterocycles. The van der Waals surface area contributed by atoms with Gasteiger partial charge in [0.05, 0.1) is 7.11 Å². The summed E-state index contributed by atoms with van der Waals surface area (Å²) in [6.07, 6.45) is 3.30. The molecule has 3 rings (SSSR count). The van der Waals surface area contributed by atoms with Gasteiger partial charge in [-0.05, 0) is 43.2 Å². The summed E-state index contributed by atoms with van der Waals surface area (Å²) in [5.74, 6) is 1.18. The summed E-state index contributed by atoms with van der Waals surface area (Å²) in [6, 6.07) is 14.7. The van der Waals surface area contributed by atoms with Crippen molar-refractivity contribution in [2.24, 2.45) is 5.92 Å². The largest absolute Gasteiger partial charge is 0.497 e. The molecule has 0 spiro atoms. The van der Waals surface area contributed by atoms with Crippen molar-refractivity contribution in [1.29, 1.82) is 5.41 Å². The third-order valence-corrected chi connectivity index (χ3v) is 3.46. The van der Waals surface area contributed by atoms with Crippen LogP contribution in [0.15, 0.2) is 48.5 Å². The Balaban J connectivity index is 0.000000246. The lowest BCUT2D eigenvalue weighted by Crippen LogP contribution is -2.12. The van der Waals surface area contributed by atoms with E-state index in [4.69, 9.17) is 15.9 Å². The van der Waals surface area contributed by atoms with Crippen LogP contribution >= 0.6 is 0 Å². The standard InChI is InChI=1S/C11H13NO2.C7H8N2.C2H6/c1-14-10-6-4-9(5-7-10)12-11(13)8-2-3-8;8-5-6-3-1-2-4-7(6)9;1-2/h4-8H,2-3H2,1H3,(H,12,13);1-5,8H,9H2;1-2H3. The Kier molecular flexibility index (Phi) is 8.79. The average molecular weight is 341 g/mol. The number of amides is 1. The number of nitrogens with two attached hydrogens (primary N) is 1. The van der Waals surface area contributed by atoms with Crippen LogP contribution in [-0.4, -0.2) is 19.2 Å². The van der Waals surface area contributed by atoms with E-state index in [0.717, 1.165) is 29.8 Å². The maximum absolute atomic E-state index is 11.4. The van der Waals surface area contributed by atoms with Crippen molar-refractivity contribution < 1.29 is 9.53 Å². The number of ether oxygens (including phenoxy) is 1. The second-order valence-corrected chi connectivity index (χ2v) is 5.27. The Hall–Kier alpha value is -2.82. The highest BCUT2D eigenvalue weighted by Gasteiger charge is 2.29. The third-order valence-electron chi connectivity index (χ3n) is 3.46. The minimum Gasteiger partial charge on any atom is -0.497 e. The lowest BCUT2D eigenvalue weighted by molar-refractivity contribution is -0.117. The van der Waals surface area contributed by atoms with E-state index < -0.39 is 0 Å². The lowest BCUT2D eigenvalue weighted by Gasteiger charge is -2.04. The highest BCUT2D eigenvalue weighted by molar-refractivity contribution is 5.94. The number of nitrogens with one attached hydrogen (secondary N) is 2. The number of anilines is 2. The van der Waals surface area contributed by atoms with Crippen molar-refractivity contribution in [3.8, 4) is 5.75 Å². The summed E-state index contributed by atoms with van der Waals surface area (Å²) in [5.41, 5.74) is 7.75. The van der Waals surface area contributed by atoms with Gasteiger partial charge >= 0.3 is 0 Å². The molecule has 0 saturated heterocycles. The molecule has 0 unspecified atom stereocenters. The lowest BCUT2D eigenvalue weighted by atomic mass is 10.2. The van der Waals surface area contributed by atoms with Crippen LogP contribution in [0.1, 0.15) is 32.3 Å². The second-order valence-electron chi connectivity index (χ2n) is 5.27. The van der Waals surface area contributed by atoms with Crippen LogP contribution in [0, 0.1) is 11.3 Å². The molecular formula is C20H27N3O2. The molecule has 25 heavy (non-hydrogen) atoms. The number of para-hydroxylation sites is 1. The number of benzene rings is 2. The summed E-state index contributed by atoms with van der Waals surface area (Å²) in [7, 11) is 1.62. The predicted octanol–water partition coefficient (Wildman–Crippen LogP) is 4.34. The third kappa shape index (κ3) is 7.08. The number of rotatable bonds is 4. The van der Waals surface area contributed by atoms with Crippen molar-refractivity contribution in [1.82, 2.24) is 0 Å². The molecule has 1 aliphatic rings. The Morgan fingerprint density at radius 1 is 1.16 bits per heavy atom. The fraction of sp³-hybridized carbons (Fsp3) is 0.300. The number of carbonyl (C=O) groups is 1. The zero-order valence-corrected chi connectivity index (χ0v) is 15.1. The highest BCUT2D eigenvalue weighted by atomic mass is 16.5. The number of carbonyl (C=O) groups excluding carboxylic acids is 1. The molecule has 2 aromatic carbocycles. The molecule has 1 aliphatic carbocycles. The molecule has 1 amide bonds. The van der Waals surface area contributed by atoms with Gasteiger partial charge in [0.25, 0.3) is 0 Å². The maximum atomic E-state index is 11.4. The van der Waals surface area contributed by atoms with Crippen LogP contribution in [0.4, 0.5) is 11.4 Å². The van der Waals surface area contributed by atoms with Crippen molar-refractivity contribution in [3.63, 3.8) is 0 Å². The summed E-state index contributed by atoms with van der Waals surface area (Å²) in [4.78, 5) is 11.4. The molecule has 0 aromatic heterocycles. The summed E-state index contributed by atoms with van der Waals surface area (Å²) in [6.45, 7) is 4.00. The predicted molar refractivity (Wildman–Crippen MR) is 104 cm³/mol. The van der Waals surface area contributed by atoms with Gasteiger partial charge in [0.15, 0.2) is 0 Å². The molecule has 1 saturated carbocycles. The van der Waals surface area contributed by atoms with E-state index in [-0.39, 0.29) is 11.8 Å². The van der Waals surface area contributed by atoms with Gasteiger partial charge in [-0.15, -0.1) is 0 Å². The maximum Gasteiger partial charge on any atom is 0.227 e. The zero-order valence-electron chi connectivity index (χ0n) is 15.1. The fourth-order valence-corrected chi connectivity index (χ4v) is 1.91. The summed E-state index contributed by atoms with van der Waals surface area (Å²) in [5, 5.41) is 9.74. The van der Waals surface area contributed by atoms with Gasteiger partial charge in [0, 0.05) is 29.1 Å². The Labute approximate surface area is 149 Å². The van der Waals surface area contributed by atoms with E-state index >= 15 is 0 Å². The van der Waals surface area contributed by atoms with Crippen molar-refractivity contribution in [3.05, 3.63) is 54.1 Å². The first-order chi connectivity index (χ1) is 12.1. The normalized spacial score (nSPS) is 11.8. The van der Waals surface area contributed by atoms with Gasteiger partial charge in [0.1, 0.15) is 5.75 Å². The van der Waals surface area contributed by atoms with Gasteiger partial charge in [-0.3, -0.25) is 4.79 Å². The average Bonchev–Trinajstić information content (AvgIpc) is 3.50. The number of hydrogen-bond acceptors (Lipinski definition) is 4. The van der Waals surface area contributed by atoms with Crippen LogP contribution in [0.5, 0.6) is 5.75 Å². The van der Waals surface area contributed by atoms with Crippen molar-refractivity contribution >= 4 is 23.5 Å². The van der Waals surface area contributed by atoms with Crippen molar-refractivity contribution in [2.45, 2.75) is 26.7 Å². The first-order valence-electron chi connectivity index (χ1n) is 8.44. The molecule has 0 bridgehead atoms. The Morgan fingerprint density at radius 2 is 1.76 bits per heavy atom. The van der Waals surface area contributed by atoms with Gasteiger partial charge in [-0.2, -0.15) is 0 Å². The summed E-state index contributed by atoms with van der Waals surface area (Å²) >= 11 is 0. The molecule has 1 fully saturated rings. The topological polar surface area (TPSA) is 88.2 Å². The first kappa shape index (κ1) is 20.2. The highest BCUT2D eigenvalue weighted by Crippen LogP contribution is 2.30. The van der Waals surface area contributed by atoms with Gasteiger partial charge < -0.3 is 21.2 Å². The second kappa shape index (κ2) is 10.9. The molecule has 5 nitrogen and oxygen atoms in total. The monoisotopic (exact) mass is 341 g/mol. The van der Waals surface area contributed by atoms with E-state index in [1.165, 1.54) is 6.21 Å². The molecule has 2 aromatic rings. The van der Waals surface area contributed by atoms with E-state index in [1.54, 1.807) is 13.2 Å². The van der Waals surface area contributed by atoms with Gasteiger partial charge in [-0.25, -0.2) is 0 Å². The van der Waals surface area contributed by atoms with E-state index in [0.29, 0.717) is 5.69 Å². The summed E-state index contributed by atoms with van der Waals surface area (Å²) < 4.78 is 5.02. The van der Waals surface area contributed by atoms with Gasteiger partial charge in [-0.1, -0.05) is 32.0 Å². The van der Waals surface area contributed by atoms with Gasteiger partial charge in [0.2, 0.25) is 5.91 Å². The van der Waals surface area contributed by atoms with Crippen LogP contribution in [0.25, 0.3) is 0 Å². The number of nitrogen functional groups attached to an aromatic ring is 1. The molecule has 0 heterocycles. The van der Waals surface area contributed by atoms with Crippen LogP contribution < -0.4 is 15.8 Å². The minimum atomic E-state index is 0.134. The van der Waals surface area contributed by atoms with Crippen molar-refractivity contribution in [2.75, 3.05) is 18.2 Å². The van der Waals surface area contributed by atoms with E-state index in [9.17, 15) is 4.79 Å². The Bertz CT molecular complexity index is 665. The molecule has 0 radical (unpaired) electrons. The van der Waals surface area contributed by atoms with E-state index in [1.807, 2.05) is 56.3 Å². The number of hydrogen-bond donors (Lipinski definition) is 3. The molecule has 0 atom stereocenters. The van der Waals surface area contributed by atoms with Crippen LogP contribution in [0.2, 0.25) is 0 Å². The SMILES string of the molecule is CC.COc1ccc(NC(=O)C2CC2)cc1.N=Cc1ccccc1N. The molecule has 134 valence electrons. The van der Waals surface area contributed by atoms with Crippen LogP contribution in [-0.2, 0) is 4.79 Å². The fourth-order valence-electron chi connectivity index (χ4n) is 1.91. The minimum absolute atomic E-state index is 0.134. The number of methoxy groups -OCH3 is 1. The molecule has 4 N–H and O–H groups in total. The Morgan fingerprint density at radius 3 is 2.20 bits per heavy atom. The molecule has 5 heteroatoms. The van der Waals surface area contributed by atoms with E-state index in [2.05, 4.69) is 5.32 Å². The van der Waals surface area contributed by atoms with Crippen LogP contribution in [0.3, 0.4) is 0 Å². The quantitative estimate of drug-likeness (QED) is 0.571. The smallest absolute Gasteiger partial charge is 0.227 e. The zero-order chi connectivity index (χ0) is 18.7.